The third kappa shape index (κ3) is 7.79. The van der Waals surface area contributed by atoms with Crippen LogP contribution in [0.2, 0.25) is 0 Å². The first-order valence-corrected chi connectivity index (χ1v) is 9.46. The van der Waals surface area contributed by atoms with E-state index in [1.54, 1.807) is 0 Å². The molecule has 0 radical (unpaired) electrons. The zero-order valence-corrected chi connectivity index (χ0v) is 16.4. The fourth-order valence-electron chi connectivity index (χ4n) is 2.42. The summed E-state index contributed by atoms with van der Waals surface area (Å²) >= 11 is 0. The second-order valence-corrected chi connectivity index (χ2v) is 7.14. The molecule has 4 nitrogen and oxygen atoms in total. The number of hydrogen-bond donors (Lipinski definition) is 2. The van der Waals surface area contributed by atoms with E-state index in [0.717, 1.165) is 43.4 Å². The number of rotatable bonds is 11. The zero-order chi connectivity index (χ0) is 18.8. The van der Waals surface area contributed by atoms with Gasteiger partial charge in [-0.3, -0.25) is 0 Å². The second kappa shape index (κ2) is 10.7. The van der Waals surface area contributed by atoms with Crippen molar-refractivity contribution in [2.45, 2.75) is 40.3 Å². The van der Waals surface area contributed by atoms with Crippen LogP contribution in [0.4, 0.5) is 5.69 Å². The molecular formula is C22H32N2O2. The van der Waals surface area contributed by atoms with Gasteiger partial charge in [0.1, 0.15) is 11.5 Å². The first-order chi connectivity index (χ1) is 12.5. The summed E-state index contributed by atoms with van der Waals surface area (Å²) in [4.78, 5) is 0. The lowest BCUT2D eigenvalue weighted by Crippen LogP contribution is -2.21. The molecule has 0 saturated heterocycles. The molecule has 0 aliphatic carbocycles. The van der Waals surface area contributed by atoms with Gasteiger partial charge in [-0.05, 0) is 61.7 Å². The van der Waals surface area contributed by atoms with E-state index in [0.29, 0.717) is 5.92 Å². The van der Waals surface area contributed by atoms with Gasteiger partial charge in [-0.2, -0.15) is 0 Å². The number of benzene rings is 2. The average Bonchev–Trinajstić information content (AvgIpc) is 2.61. The van der Waals surface area contributed by atoms with Crippen LogP contribution in [0.1, 0.15) is 33.3 Å². The summed E-state index contributed by atoms with van der Waals surface area (Å²) in [6, 6.07) is 16.4. The maximum atomic E-state index is 5.69. The fourth-order valence-corrected chi connectivity index (χ4v) is 2.42. The van der Waals surface area contributed by atoms with Crippen LogP contribution in [0, 0.1) is 5.92 Å². The van der Waals surface area contributed by atoms with Crippen molar-refractivity contribution in [1.82, 2.24) is 5.32 Å². The first kappa shape index (κ1) is 20.1. The number of hydrogen-bond acceptors (Lipinski definition) is 4. The molecule has 0 amide bonds. The van der Waals surface area contributed by atoms with E-state index >= 15 is 0 Å². The summed E-state index contributed by atoms with van der Waals surface area (Å²) in [6.07, 6.45) is 0.209. The fraction of sp³-hybridized carbons (Fsp3) is 0.455. The summed E-state index contributed by atoms with van der Waals surface area (Å²) in [5, 5.41) is 6.86. The minimum atomic E-state index is 0.209. The third-order valence-electron chi connectivity index (χ3n) is 3.69. The standard InChI is InChI=1S/C22H32N2O2/c1-17(2)16-25-21-11-7-20(8-12-21)24-14-13-23-15-19-5-9-22(10-6-19)26-18(3)4/h5-12,17-18,23-24H,13-16H2,1-4H3. The van der Waals surface area contributed by atoms with Gasteiger partial charge in [0.15, 0.2) is 0 Å². The third-order valence-corrected chi connectivity index (χ3v) is 3.69. The molecule has 2 aromatic carbocycles. The van der Waals surface area contributed by atoms with E-state index in [2.05, 4.69) is 48.7 Å². The molecule has 0 atom stereocenters. The quantitative estimate of drug-likeness (QED) is 0.572. The average molecular weight is 357 g/mol. The van der Waals surface area contributed by atoms with Crippen molar-refractivity contribution in [3.05, 3.63) is 54.1 Å². The Kier molecular flexibility index (Phi) is 8.29. The van der Waals surface area contributed by atoms with Gasteiger partial charge < -0.3 is 20.1 Å². The number of anilines is 1. The highest BCUT2D eigenvalue weighted by atomic mass is 16.5. The van der Waals surface area contributed by atoms with E-state index in [4.69, 9.17) is 9.47 Å². The van der Waals surface area contributed by atoms with Gasteiger partial charge in [0.2, 0.25) is 0 Å². The molecule has 2 rings (SSSR count). The van der Waals surface area contributed by atoms with Crippen molar-refractivity contribution in [2.75, 3.05) is 25.0 Å². The zero-order valence-electron chi connectivity index (χ0n) is 16.4. The van der Waals surface area contributed by atoms with E-state index in [9.17, 15) is 0 Å². The van der Waals surface area contributed by atoms with E-state index in [1.165, 1.54) is 5.56 Å². The lowest BCUT2D eigenvalue weighted by Gasteiger charge is -2.11. The van der Waals surface area contributed by atoms with Crippen LogP contribution < -0.4 is 20.1 Å². The predicted molar refractivity (Wildman–Crippen MR) is 109 cm³/mol. The van der Waals surface area contributed by atoms with Crippen molar-refractivity contribution >= 4 is 5.69 Å². The Morgan fingerprint density at radius 3 is 2.08 bits per heavy atom. The first-order valence-electron chi connectivity index (χ1n) is 9.46. The highest BCUT2D eigenvalue weighted by molar-refractivity contribution is 5.46. The topological polar surface area (TPSA) is 42.5 Å². The van der Waals surface area contributed by atoms with Crippen LogP contribution >= 0.6 is 0 Å². The number of ether oxygens (including phenoxy) is 2. The normalized spacial score (nSPS) is 11.0. The molecule has 0 aliphatic heterocycles. The number of nitrogens with one attached hydrogen (secondary N) is 2. The molecule has 142 valence electrons. The monoisotopic (exact) mass is 356 g/mol. The Balaban J connectivity index is 1.62. The second-order valence-electron chi connectivity index (χ2n) is 7.14. The van der Waals surface area contributed by atoms with Gasteiger partial charge in [-0.1, -0.05) is 26.0 Å². The summed E-state index contributed by atoms with van der Waals surface area (Å²) in [7, 11) is 0. The summed E-state index contributed by atoms with van der Waals surface area (Å²) in [5.74, 6) is 2.39. The molecule has 0 fully saturated rings. The Hall–Kier alpha value is -2.20. The van der Waals surface area contributed by atoms with E-state index < -0.39 is 0 Å². The van der Waals surface area contributed by atoms with E-state index in [1.807, 2.05) is 38.1 Å². The maximum absolute atomic E-state index is 5.69. The molecule has 4 heteroatoms. The molecule has 0 unspecified atom stereocenters. The smallest absolute Gasteiger partial charge is 0.119 e. The molecule has 26 heavy (non-hydrogen) atoms. The molecule has 0 aliphatic rings. The van der Waals surface area contributed by atoms with Crippen LogP contribution in [0.3, 0.4) is 0 Å². The van der Waals surface area contributed by atoms with Crippen LogP contribution in [-0.4, -0.2) is 25.8 Å². The molecule has 2 aromatic rings. The van der Waals surface area contributed by atoms with Gasteiger partial charge in [0, 0.05) is 25.3 Å². The molecule has 0 saturated carbocycles. The molecule has 0 heterocycles. The van der Waals surface area contributed by atoms with Gasteiger partial charge >= 0.3 is 0 Å². The van der Waals surface area contributed by atoms with Crippen LogP contribution in [0.15, 0.2) is 48.5 Å². The van der Waals surface area contributed by atoms with Crippen LogP contribution in [0.25, 0.3) is 0 Å². The van der Waals surface area contributed by atoms with Crippen molar-refractivity contribution in [2.24, 2.45) is 5.92 Å². The Morgan fingerprint density at radius 1 is 0.808 bits per heavy atom. The molecule has 2 N–H and O–H groups in total. The lowest BCUT2D eigenvalue weighted by molar-refractivity contribution is 0.242. The summed E-state index contributed by atoms with van der Waals surface area (Å²) in [5.41, 5.74) is 2.37. The minimum Gasteiger partial charge on any atom is -0.493 e. The van der Waals surface area contributed by atoms with Gasteiger partial charge in [0.05, 0.1) is 12.7 Å². The van der Waals surface area contributed by atoms with Crippen molar-refractivity contribution in [1.29, 1.82) is 0 Å². The van der Waals surface area contributed by atoms with Crippen molar-refractivity contribution in [3.8, 4) is 11.5 Å². The SMILES string of the molecule is CC(C)COc1ccc(NCCNCc2ccc(OC(C)C)cc2)cc1. The Morgan fingerprint density at radius 2 is 1.46 bits per heavy atom. The molecule has 0 spiro atoms. The predicted octanol–water partition coefficient (Wildman–Crippen LogP) is 4.71. The van der Waals surface area contributed by atoms with Gasteiger partial charge in [-0.15, -0.1) is 0 Å². The van der Waals surface area contributed by atoms with Crippen molar-refractivity contribution in [3.63, 3.8) is 0 Å². The molecule has 0 bridgehead atoms. The lowest BCUT2D eigenvalue weighted by atomic mass is 10.2. The Bertz CT molecular complexity index is 622. The summed E-state index contributed by atoms with van der Waals surface area (Å²) in [6.45, 7) is 11.8. The summed E-state index contributed by atoms with van der Waals surface area (Å²) < 4.78 is 11.4. The van der Waals surface area contributed by atoms with Gasteiger partial charge in [0.25, 0.3) is 0 Å². The highest BCUT2D eigenvalue weighted by Gasteiger charge is 1.99. The van der Waals surface area contributed by atoms with E-state index in [-0.39, 0.29) is 6.10 Å². The largest absolute Gasteiger partial charge is 0.493 e. The van der Waals surface area contributed by atoms with Crippen LogP contribution in [0.5, 0.6) is 11.5 Å². The van der Waals surface area contributed by atoms with Crippen molar-refractivity contribution < 1.29 is 9.47 Å². The maximum Gasteiger partial charge on any atom is 0.119 e. The highest BCUT2D eigenvalue weighted by Crippen LogP contribution is 2.16. The van der Waals surface area contributed by atoms with Crippen LogP contribution in [-0.2, 0) is 6.54 Å². The molecular weight excluding hydrogens is 324 g/mol. The minimum absolute atomic E-state index is 0.209. The Labute approximate surface area is 157 Å². The molecule has 0 aromatic heterocycles. The van der Waals surface area contributed by atoms with Gasteiger partial charge in [-0.25, -0.2) is 0 Å².